The average molecular weight is 265 g/mol. The minimum Gasteiger partial charge on any atom is -0.335 e. The fourth-order valence-corrected chi connectivity index (χ4v) is 3.51. The molecule has 0 unspecified atom stereocenters. The molecular formula is C14H17ClN2O. The van der Waals surface area contributed by atoms with Gasteiger partial charge in [-0.05, 0) is 49.3 Å². The number of hydrogen-bond acceptors (Lipinski definition) is 1. The zero-order valence-corrected chi connectivity index (χ0v) is 10.9. The van der Waals surface area contributed by atoms with Gasteiger partial charge < -0.3 is 10.6 Å². The van der Waals surface area contributed by atoms with Gasteiger partial charge in [0.1, 0.15) is 0 Å². The summed E-state index contributed by atoms with van der Waals surface area (Å²) in [5.74, 6) is 1.53. The molecule has 3 rings (SSSR count). The highest BCUT2D eigenvalue weighted by atomic mass is 35.5. The summed E-state index contributed by atoms with van der Waals surface area (Å²) >= 11 is 5.88. The highest BCUT2D eigenvalue weighted by Crippen LogP contribution is 2.44. The second-order valence-corrected chi connectivity index (χ2v) is 5.83. The molecule has 0 heterocycles. The fourth-order valence-electron chi connectivity index (χ4n) is 3.32. The number of benzene rings is 1. The number of halogens is 1. The minimum atomic E-state index is -0.116. The maximum Gasteiger partial charge on any atom is 0.319 e. The molecule has 2 N–H and O–H groups in total. The Bertz CT molecular complexity index is 463. The molecule has 0 radical (unpaired) electrons. The van der Waals surface area contributed by atoms with Gasteiger partial charge in [0, 0.05) is 16.8 Å². The fraction of sp³-hybridized carbons (Fsp3) is 0.500. The number of nitrogens with one attached hydrogen (secondary N) is 2. The van der Waals surface area contributed by atoms with Crippen molar-refractivity contribution < 1.29 is 4.79 Å². The van der Waals surface area contributed by atoms with Crippen molar-refractivity contribution in [3.05, 3.63) is 29.3 Å². The zero-order valence-electron chi connectivity index (χ0n) is 10.2. The lowest BCUT2D eigenvalue weighted by Gasteiger charge is -2.23. The molecule has 1 aromatic rings. The molecule has 18 heavy (non-hydrogen) atoms. The number of carbonyl (C=O) groups is 1. The van der Waals surface area contributed by atoms with Crippen molar-refractivity contribution in [2.24, 2.45) is 11.8 Å². The van der Waals surface area contributed by atoms with Gasteiger partial charge in [0.2, 0.25) is 0 Å². The number of urea groups is 1. The summed E-state index contributed by atoms with van der Waals surface area (Å²) in [6.45, 7) is 0. The van der Waals surface area contributed by atoms with E-state index in [1.54, 1.807) is 12.1 Å². The highest BCUT2D eigenvalue weighted by molar-refractivity contribution is 6.30. The first kappa shape index (κ1) is 11.8. The molecule has 3 atom stereocenters. The van der Waals surface area contributed by atoms with E-state index in [0.29, 0.717) is 17.0 Å². The smallest absolute Gasteiger partial charge is 0.319 e. The Balaban J connectivity index is 1.56. The topological polar surface area (TPSA) is 41.1 Å². The minimum absolute atomic E-state index is 0.116. The van der Waals surface area contributed by atoms with Crippen molar-refractivity contribution in [2.75, 3.05) is 5.32 Å². The van der Waals surface area contributed by atoms with Gasteiger partial charge in [-0.1, -0.05) is 24.1 Å². The third-order valence-corrected chi connectivity index (χ3v) is 4.37. The number of rotatable bonds is 2. The maximum atomic E-state index is 11.9. The molecule has 2 fully saturated rings. The van der Waals surface area contributed by atoms with Crippen LogP contribution in [0, 0.1) is 11.8 Å². The van der Waals surface area contributed by atoms with Crippen molar-refractivity contribution in [3.8, 4) is 0 Å². The van der Waals surface area contributed by atoms with Crippen molar-refractivity contribution in [2.45, 2.75) is 31.7 Å². The number of carbonyl (C=O) groups excluding carboxylic acids is 1. The molecule has 2 amide bonds. The lowest BCUT2D eigenvalue weighted by atomic mass is 9.95. The van der Waals surface area contributed by atoms with E-state index in [0.717, 1.165) is 18.0 Å². The van der Waals surface area contributed by atoms with E-state index in [1.165, 1.54) is 19.3 Å². The predicted molar refractivity (Wildman–Crippen MR) is 72.8 cm³/mol. The molecule has 2 aliphatic carbocycles. The molecule has 0 aliphatic heterocycles. The summed E-state index contributed by atoms with van der Waals surface area (Å²) in [5.41, 5.74) is 0.739. The van der Waals surface area contributed by atoms with Crippen molar-refractivity contribution in [1.82, 2.24) is 5.32 Å². The normalized spacial score (nSPS) is 29.3. The van der Waals surface area contributed by atoms with Gasteiger partial charge in [-0.25, -0.2) is 4.79 Å². The molecule has 0 spiro atoms. The van der Waals surface area contributed by atoms with Gasteiger partial charge in [-0.3, -0.25) is 0 Å². The maximum absolute atomic E-state index is 11.9. The Hall–Kier alpha value is -1.22. The van der Waals surface area contributed by atoms with Crippen LogP contribution >= 0.6 is 11.6 Å². The molecule has 3 nitrogen and oxygen atoms in total. The molecule has 2 aliphatic rings. The summed E-state index contributed by atoms with van der Waals surface area (Å²) < 4.78 is 0. The first-order valence-corrected chi connectivity index (χ1v) is 6.91. The predicted octanol–water partition coefficient (Wildman–Crippen LogP) is 3.65. The second-order valence-electron chi connectivity index (χ2n) is 5.39. The van der Waals surface area contributed by atoms with Crippen LogP contribution in [0.25, 0.3) is 0 Å². The van der Waals surface area contributed by atoms with Crippen LogP contribution in [0.2, 0.25) is 5.02 Å². The molecule has 2 bridgehead atoms. The van der Waals surface area contributed by atoms with Crippen LogP contribution < -0.4 is 10.6 Å². The lowest BCUT2D eigenvalue weighted by Crippen LogP contribution is -2.40. The van der Waals surface area contributed by atoms with Gasteiger partial charge in [-0.2, -0.15) is 0 Å². The quantitative estimate of drug-likeness (QED) is 0.841. The molecule has 2 saturated carbocycles. The van der Waals surface area contributed by atoms with Crippen molar-refractivity contribution in [3.63, 3.8) is 0 Å². The van der Waals surface area contributed by atoms with E-state index >= 15 is 0 Å². The van der Waals surface area contributed by atoms with Gasteiger partial charge in [-0.15, -0.1) is 0 Å². The Morgan fingerprint density at radius 1 is 1.28 bits per heavy atom. The van der Waals surface area contributed by atoms with Crippen molar-refractivity contribution in [1.29, 1.82) is 0 Å². The summed E-state index contributed by atoms with van der Waals surface area (Å²) in [5, 5.41) is 6.55. The molecule has 1 aromatic carbocycles. The van der Waals surface area contributed by atoms with E-state index in [4.69, 9.17) is 11.6 Å². The number of hydrogen-bond donors (Lipinski definition) is 2. The highest BCUT2D eigenvalue weighted by Gasteiger charge is 2.40. The summed E-state index contributed by atoms with van der Waals surface area (Å²) in [6.07, 6.45) is 5.06. The summed E-state index contributed by atoms with van der Waals surface area (Å²) in [6, 6.07) is 7.46. The first-order chi connectivity index (χ1) is 8.70. The third-order valence-electron chi connectivity index (χ3n) is 4.14. The Kier molecular flexibility index (Phi) is 3.16. The van der Waals surface area contributed by atoms with Crippen LogP contribution in [0.15, 0.2) is 24.3 Å². The van der Waals surface area contributed by atoms with Crippen LogP contribution in [0.3, 0.4) is 0 Å². The van der Waals surface area contributed by atoms with Crippen LogP contribution in [0.1, 0.15) is 25.7 Å². The summed E-state index contributed by atoms with van der Waals surface area (Å²) in [4.78, 5) is 11.9. The van der Waals surface area contributed by atoms with E-state index in [-0.39, 0.29) is 6.03 Å². The van der Waals surface area contributed by atoms with Crippen LogP contribution in [-0.4, -0.2) is 12.1 Å². The van der Waals surface area contributed by atoms with E-state index < -0.39 is 0 Å². The Labute approximate surface area is 112 Å². The van der Waals surface area contributed by atoms with Gasteiger partial charge >= 0.3 is 6.03 Å². The first-order valence-electron chi connectivity index (χ1n) is 6.54. The largest absolute Gasteiger partial charge is 0.335 e. The molecule has 4 heteroatoms. The number of amides is 2. The second kappa shape index (κ2) is 4.81. The summed E-state index contributed by atoms with van der Waals surface area (Å²) in [7, 11) is 0. The average Bonchev–Trinajstić information content (AvgIpc) is 2.90. The number of fused-ring (bicyclic) bond motifs is 2. The van der Waals surface area contributed by atoms with Crippen molar-refractivity contribution >= 4 is 23.3 Å². The zero-order chi connectivity index (χ0) is 12.5. The van der Waals surface area contributed by atoms with E-state index in [9.17, 15) is 4.79 Å². The standard InChI is InChI=1S/C14H17ClN2O/c15-11-2-1-3-12(8-11)16-14(18)17-13-7-9-4-5-10(13)6-9/h1-3,8-10,13H,4-7H2,(H2,16,17,18)/t9-,10+,13+/m0/s1. The van der Waals surface area contributed by atoms with Gasteiger partial charge in [0.05, 0.1) is 0 Å². The van der Waals surface area contributed by atoms with Crippen LogP contribution in [0.4, 0.5) is 10.5 Å². The Morgan fingerprint density at radius 2 is 2.17 bits per heavy atom. The lowest BCUT2D eigenvalue weighted by molar-refractivity contribution is 0.242. The van der Waals surface area contributed by atoms with Gasteiger partial charge in [0.15, 0.2) is 0 Å². The molecule has 0 saturated heterocycles. The third kappa shape index (κ3) is 2.46. The SMILES string of the molecule is O=C(Nc1cccc(Cl)c1)N[C@@H]1C[C@H]2CC[C@@H]1C2. The molecular weight excluding hydrogens is 248 g/mol. The molecule has 0 aromatic heterocycles. The van der Waals surface area contributed by atoms with Crippen LogP contribution in [-0.2, 0) is 0 Å². The number of anilines is 1. The molecule has 96 valence electrons. The van der Waals surface area contributed by atoms with E-state index in [2.05, 4.69) is 10.6 Å². The monoisotopic (exact) mass is 264 g/mol. The van der Waals surface area contributed by atoms with Crippen LogP contribution in [0.5, 0.6) is 0 Å². The van der Waals surface area contributed by atoms with Gasteiger partial charge in [0.25, 0.3) is 0 Å². The Morgan fingerprint density at radius 3 is 2.83 bits per heavy atom. The van der Waals surface area contributed by atoms with E-state index in [1.807, 2.05) is 12.1 Å².